The Morgan fingerprint density at radius 1 is 1.05 bits per heavy atom. The Hall–Kier alpha value is -2.13. The van der Waals surface area contributed by atoms with Gasteiger partial charge in [-0.1, -0.05) is 60.7 Å². The van der Waals surface area contributed by atoms with E-state index in [1.807, 2.05) is 60.7 Å². The number of methoxy groups -OCH3 is 1. The van der Waals surface area contributed by atoms with Gasteiger partial charge in [-0.05, 0) is 17.5 Å². The van der Waals surface area contributed by atoms with E-state index in [0.29, 0.717) is 13.0 Å². The third-order valence-electron chi connectivity index (χ3n) is 3.42. The Balaban J connectivity index is 1.77. The van der Waals surface area contributed by atoms with E-state index < -0.39 is 0 Å². The van der Waals surface area contributed by atoms with Gasteiger partial charge in [-0.3, -0.25) is 4.79 Å². The van der Waals surface area contributed by atoms with E-state index in [2.05, 4.69) is 5.32 Å². The number of carbonyl (C=O) groups is 1. The fourth-order valence-electron chi connectivity index (χ4n) is 2.20. The number of aryl methyl sites for hydroxylation is 1. The molecule has 0 saturated heterocycles. The summed E-state index contributed by atoms with van der Waals surface area (Å²) in [6, 6.07) is 19.9. The molecule has 0 saturated carbocycles. The lowest BCUT2D eigenvalue weighted by Gasteiger charge is -2.16. The van der Waals surface area contributed by atoms with Crippen LogP contribution in [0.2, 0.25) is 0 Å². The third kappa shape index (κ3) is 5.04. The first-order valence-electron chi connectivity index (χ1n) is 7.18. The zero-order valence-corrected chi connectivity index (χ0v) is 12.3. The van der Waals surface area contributed by atoms with Gasteiger partial charge in [0.1, 0.15) is 0 Å². The van der Waals surface area contributed by atoms with Crippen LogP contribution < -0.4 is 5.32 Å². The fraction of sp³-hybridized carbons (Fsp3) is 0.278. The Bertz CT molecular complexity index is 540. The van der Waals surface area contributed by atoms with Crippen LogP contribution >= 0.6 is 0 Å². The van der Waals surface area contributed by atoms with Crippen molar-refractivity contribution in [3.8, 4) is 0 Å². The lowest BCUT2D eigenvalue weighted by Crippen LogP contribution is -2.29. The maximum Gasteiger partial charge on any atom is 0.220 e. The third-order valence-corrected chi connectivity index (χ3v) is 3.42. The Morgan fingerprint density at radius 3 is 2.29 bits per heavy atom. The highest BCUT2D eigenvalue weighted by Gasteiger charge is 2.11. The summed E-state index contributed by atoms with van der Waals surface area (Å²) in [5.41, 5.74) is 2.25. The number of amides is 1. The molecule has 2 aromatic rings. The quantitative estimate of drug-likeness (QED) is 0.848. The standard InChI is InChI=1S/C18H21NO2/c1-21-17(16-10-6-3-7-11-16)14-19-18(20)13-12-15-8-4-2-5-9-15/h2-11,17H,12-14H2,1H3,(H,19,20). The average molecular weight is 283 g/mol. The van der Waals surface area contributed by atoms with E-state index in [1.165, 1.54) is 5.56 Å². The second-order valence-electron chi connectivity index (χ2n) is 4.92. The monoisotopic (exact) mass is 283 g/mol. The zero-order valence-electron chi connectivity index (χ0n) is 12.3. The Kier molecular flexibility index (Phi) is 5.98. The molecule has 0 aliphatic rings. The molecule has 1 atom stereocenters. The van der Waals surface area contributed by atoms with E-state index in [9.17, 15) is 4.79 Å². The molecule has 0 aliphatic heterocycles. The minimum atomic E-state index is -0.105. The molecule has 21 heavy (non-hydrogen) atoms. The van der Waals surface area contributed by atoms with Gasteiger partial charge in [-0.25, -0.2) is 0 Å². The first kappa shape index (κ1) is 15.3. The summed E-state index contributed by atoms with van der Waals surface area (Å²) in [6.07, 6.45) is 1.15. The van der Waals surface area contributed by atoms with Crippen molar-refractivity contribution >= 4 is 5.91 Å². The van der Waals surface area contributed by atoms with E-state index in [-0.39, 0.29) is 12.0 Å². The van der Waals surface area contributed by atoms with Gasteiger partial charge in [0.25, 0.3) is 0 Å². The molecule has 0 fully saturated rings. The molecule has 0 radical (unpaired) electrons. The largest absolute Gasteiger partial charge is 0.375 e. The molecule has 1 unspecified atom stereocenters. The predicted molar refractivity (Wildman–Crippen MR) is 84.0 cm³/mol. The van der Waals surface area contributed by atoms with Crippen molar-refractivity contribution in [1.29, 1.82) is 0 Å². The van der Waals surface area contributed by atoms with E-state index in [4.69, 9.17) is 4.74 Å². The van der Waals surface area contributed by atoms with Crippen LogP contribution in [0.4, 0.5) is 0 Å². The van der Waals surface area contributed by atoms with Crippen molar-refractivity contribution in [3.63, 3.8) is 0 Å². The molecule has 0 bridgehead atoms. The zero-order chi connectivity index (χ0) is 14.9. The van der Waals surface area contributed by atoms with Gasteiger partial charge < -0.3 is 10.1 Å². The van der Waals surface area contributed by atoms with Gasteiger partial charge in [0, 0.05) is 20.1 Å². The second-order valence-corrected chi connectivity index (χ2v) is 4.92. The van der Waals surface area contributed by atoms with Crippen LogP contribution in [0, 0.1) is 0 Å². The van der Waals surface area contributed by atoms with Crippen molar-refractivity contribution in [2.24, 2.45) is 0 Å². The normalized spacial score (nSPS) is 11.9. The van der Waals surface area contributed by atoms with Gasteiger partial charge in [-0.2, -0.15) is 0 Å². The summed E-state index contributed by atoms with van der Waals surface area (Å²) >= 11 is 0. The molecule has 1 amide bonds. The highest BCUT2D eigenvalue weighted by Crippen LogP contribution is 2.14. The van der Waals surface area contributed by atoms with Gasteiger partial charge in [0.05, 0.1) is 6.10 Å². The molecular formula is C18H21NO2. The molecule has 0 heterocycles. The minimum absolute atomic E-state index is 0.0526. The summed E-state index contributed by atoms with van der Waals surface area (Å²) < 4.78 is 5.43. The molecule has 3 heteroatoms. The molecule has 110 valence electrons. The van der Waals surface area contributed by atoms with Crippen molar-refractivity contribution < 1.29 is 9.53 Å². The lowest BCUT2D eigenvalue weighted by molar-refractivity contribution is -0.121. The molecular weight excluding hydrogens is 262 g/mol. The maximum atomic E-state index is 11.9. The first-order valence-corrected chi connectivity index (χ1v) is 7.18. The van der Waals surface area contributed by atoms with E-state index in [0.717, 1.165) is 12.0 Å². The van der Waals surface area contributed by atoms with Crippen LogP contribution in [0.25, 0.3) is 0 Å². The molecule has 3 nitrogen and oxygen atoms in total. The predicted octanol–water partition coefficient (Wildman–Crippen LogP) is 3.12. The molecule has 2 rings (SSSR count). The summed E-state index contributed by atoms with van der Waals surface area (Å²) in [6.45, 7) is 0.494. The average Bonchev–Trinajstić information content (AvgIpc) is 2.55. The highest BCUT2D eigenvalue weighted by atomic mass is 16.5. The lowest BCUT2D eigenvalue weighted by atomic mass is 10.1. The summed E-state index contributed by atoms with van der Waals surface area (Å²) in [5, 5.41) is 2.94. The first-order chi connectivity index (χ1) is 10.3. The summed E-state index contributed by atoms with van der Waals surface area (Å²) in [4.78, 5) is 11.9. The van der Waals surface area contributed by atoms with Crippen LogP contribution in [0.5, 0.6) is 0 Å². The van der Waals surface area contributed by atoms with Crippen LogP contribution in [0.3, 0.4) is 0 Å². The van der Waals surface area contributed by atoms with Gasteiger partial charge in [0.15, 0.2) is 0 Å². The summed E-state index contributed by atoms with van der Waals surface area (Å²) in [5.74, 6) is 0.0526. The van der Waals surface area contributed by atoms with Gasteiger partial charge in [-0.15, -0.1) is 0 Å². The Morgan fingerprint density at radius 2 is 1.67 bits per heavy atom. The summed E-state index contributed by atoms with van der Waals surface area (Å²) in [7, 11) is 1.66. The number of nitrogens with one attached hydrogen (secondary N) is 1. The number of rotatable bonds is 7. The SMILES string of the molecule is COC(CNC(=O)CCc1ccccc1)c1ccccc1. The van der Waals surface area contributed by atoms with Crippen LogP contribution in [0.15, 0.2) is 60.7 Å². The smallest absolute Gasteiger partial charge is 0.220 e. The van der Waals surface area contributed by atoms with Crippen LogP contribution in [0.1, 0.15) is 23.7 Å². The van der Waals surface area contributed by atoms with E-state index >= 15 is 0 Å². The van der Waals surface area contributed by atoms with Gasteiger partial charge >= 0.3 is 0 Å². The van der Waals surface area contributed by atoms with Crippen LogP contribution in [-0.4, -0.2) is 19.6 Å². The van der Waals surface area contributed by atoms with E-state index in [1.54, 1.807) is 7.11 Å². The number of hydrogen-bond acceptors (Lipinski definition) is 2. The maximum absolute atomic E-state index is 11.9. The van der Waals surface area contributed by atoms with Crippen LogP contribution in [-0.2, 0) is 16.0 Å². The number of hydrogen-bond donors (Lipinski definition) is 1. The number of carbonyl (C=O) groups excluding carboxylic acids is 1. The number of ether oxygens (including phenoxy) is 1. The topological polar surface area (TPSA) is 38.3 Å². The fourth-order valence-corrected chi connectivity index (χ4v) is 2.20. The van der Waals surface area contributed by atoms with Crippen molar-refractivity contribution in [2.75, 3.05) is 13.7 Å². The highest BCUT2D eigenvalue weighted by molar-refractivity contribution is 5.76. The molecule has 1 N–H and O–H groups in total. The molecule has 0 aliphatic carbocycles. The molecule has 0 spiro atoms. The minimum Gasteiger partial charge on any atom is -0.375 e. The number of benzene rings is 2. The second kappa shape index (κ2) is 8.22. The molecule has 0 aromatic heterocycles. The Labute approximate surface area is 126 Å². The molecule has 2 aromatic carbocycles. The van der Waals surface area contributed by atoms with Crippen molar-refractivity contribution in [1.82, 2.24) is 5.32 Å². The van der Waals surface area contributed by atoms with Gasteiger partial charge in [0.2, 0.25) is 5.91 Å². The van der Waals surface area contributed by atoms with Crippen molar-refractivity contribution in [2.45, 2.75) is 18.9 Å². The van der Waals surface area contributed by atoms with Crippen molar-refractivity contribution in [3.05, 3.63) is 71.8 Å².